The second-order valence-corrected chi connectivity index (χ2v) is 5.45. The Morgan fingerprint density at radius 1 is 1.10 bits per heavy atom. The molecule has 21 heavy (non-hydrogen) atoms. The first-order valence-electron chi connectivity index (χ1n) is 7.26. The molecule has 0 radical (unpaired) electrons. The third-order valence-electron chi connectivity index (χ3n) is 4.34. The van der Waals surface area contributed by atoms with Gasteiger partial charge in [0.25, 0.3) is 0 Å². The minimum Gasteiger partial charge on any atom is -0.358 e. The van der Waals surface area contributed by atoms with E-state index in [1.807, 2.05) is 12.3 Å². The largest absolute Gasteiger partial charge is 0.358 e. The van der Waals surface area contributed by atoms with E-state index >= 15 is 0 Å². The molecule has 104 valence electrons. The van der Waals surface area contributed by atoms with Crippen LogP contribution < -0.4 is 10.6 Å². The van der Waals surface area contributed by atoms with E-state index in [1.54, 1.807) is 6.20 Å². The highest BCUT2D eigenvalue weighted by molar-refractivity contribution is 5.88. The Kier molecular flexibility index (Phi) is 2.86. The summed E-state index contributed by atoms with van der Waals surface area (Å²) in [5.41, 5.74) is 9.93. The highest BCUT2D eigenvalue weighted by atomic mass is 15.2. The molecule has 1 atom stereocenters. The molecule has 0 bridgehead atoms. The molecule has 2 aromatic carbocycles. The number of nitrogens with zero attached hydrogens (tertiary/aromatic N) is 2. The number of fused-ring (bicyclic) bond motifs is 3. The van der Waals surface area contributed by atoms with Crippen molar-refractivity contribution in [1.29, 1.82) is 0 Å². The minimum atomic E-state index is 0.230. The summed E-state index contributed by atoms with van der Waals surface area (Å²) in [5.74, 6) is 0. The Hall–Kier alpha value is -2.39. The number of pyridine rings is 1. The summed E-state index contributed by atoms with van der Waals surface area (Å²) in [5, 5.41) is 2.62. The molecule has 1 unspecified atom stereocenters. The van der Waals surface area contributed by atoms with E-state index < -0.39 is 0 Å². The van der Waals surface area contributed by atoms with Gasteiger partial charge in [0.2, 0.25) is 0 Å². The van der Waals surface area contributed by atoms with Crippen molar-refractivity contribution in [3.05, 3.63) is 72.1 Å². The molecule has 3 heteroatoms. The lowest BCUT2D eigenvalue weighted by atomic mass is 9.98. The maximum absolute atomic E-state index is 6.06. The number of hydrogen-bond donors (Lipinski definition) is 1. The Morgan fingerprint density at radius 2 is 2.00 bits per heavy atom. The van der Waals surface area contributed by atoms with Crippen LogP contribution in [0, 0.1) is 0 Å². The maximum Gasteiger partial charge on any atom is 0.0672 e. The molecule has 3 nitrogen and oxygen atoms in total. The lowest BCUT2D eigenvalue weighted by Crippen LogP contribution is -2.27. The summed E-state index contributed by atoms with van der Waals surface area (Å²) < 4.78 is 0. The van der Waals surface area contributed by atoms with Gasteiger partial charge >= 0.3 is 0 Å². The fourth-order valence-electron chi connectivity index (χ4n) is 3.34. The van der Waals surface area contributed by atoms with Gasteiger partial charge in [0.05, 0.1) is 17.9 Å². The van der Waals surface area contributed by atoms with Crippen LogP contribution in [-0.2, 0) is 6.54 Å². The molecule has 2 N–H and O–H groups in total. The van der Waals surface area contributed by atoms with Gasteiger partial charge in [-0.3, -0.25) is 4.98 Å². The molecule has 0 spiro atoms. The van der Waals surface area contributed by atoms with E-state index in [9.17, 15) is 0 Å². The van der Waals surface area contributed by atoms with Crippen LogP contribution in [-0.4, -0.2) is 11.5 Å². The zero-order chi connectivity index (χ0) is 14.2. The first-order chi connectivity index (χ1) is 10.4. The van der Waals surface area contributed by atoms with Gasteiger partial charge in [0, 0.05) is 19.3 Å². The summed E-state index contributed by atoms with van der Waals surface area (Å²) in [6.45, 7) is 1.50. The lowest BCUT2D eigenvalue weighted by molar-refractivity contribution is 0.678. The average molecular weight is 275 g/mol. The molecule has 1 aromatic heterocycles. The van der Waals surface area contributed by atoms with Crippen molar-refractivity contribution < 1.29 is 0 Å². The maximum atomic E-state index is 6.06. The van der Waals surface area contributed by atoms with Crippen LogP contribution in [0.4, 0.5) is 5.69 Å². The molecule has 1 aliphatic rings. The van der Waals surface area contributed by atoms with Crippen molar-refractivity contribution in [2.45, 2.75) is 12.6 Å². The van der Waals surface area contributed by atoms with Crippen LogP contribution in [0.1, 0.15) is 17.2 Å². The van der Waals surface area contributed by atoms with Crippen LogP contribution in [0.25, 0.3) is 10.8 Å². The first kappa shape index (κ1) is 12.4. The number of nitrogens with two attached hydrogens (primary N) is 1. The quantitative estimate of drug-likeness (QED) is 0.780. The highest BCUT2D eigenvalue weighted by Gasteiger charge is 2.30. The van der Waals surface area contributed by atoms with E-state index in [-0.39, 0.29) is 6.04 Å². The topological polar surface area (TPSA) is 42.1 Å². The van der Waals surface area contributed by atoms with Crippen LogP contribution in [0.3, 0.4) is 0 Å². The molecular formula is C18H17N3. The normalized spacial score (nSPS) is 17.2. The summed E-state index contributed by atoms with van der Waals surface area (Å²) in [4.78, 5) is 6.59. The smallest absolute Gasteiger partial charge is 0.0672 e. The summed E-state index contributed by atoms with van der Waals surface area (Å²) in [7, 11) is 0. The SMILES string of the molecule is NCC1c2ccc3ccccc3c2CN1c1cccnc1. The van der Waals surface area contributed by atoms with Crippen molar-refractivity contribution in [3.63, 3.8) is 0 Å². The molecule has 2 heterocycles. The second kappa shape index (κ2) is 4.86. The first-order valence-corrected chi connectivity index (χ1v) is 7.26. The standard InChI is InChI=1S/C18H17N3/c19-10-18-16-8-7-13-4-1-2-6-15(13)17(16)12-21(18)14-5-3-9-20-11-14/h1-9,11,18H,10,12,19H2. The van der Waals surface area contributed by atoms with E-state index in [0.29, 0.717) is 6.54 Å². The Bertz CT molecular complexity index is 783. The third kappa shape index (κ3) is 1.89. The van der Waals surface area contributed by atoms with E-state index in [0.717, 1.165) is 12.2 Å². The number of hydrogen-bond acceptors (Lipinski definition) is 3. The van der Waals surface area contributed by atoms with Gasteiger partial charge in [-0.25, -0.2) is 0 Å². The Balaban J connectivity index is 1.87. The fraction of sp³-hybridized carbons (Fsp3) is 0.167. The predicted molar refractivity (Wildman–Crippen MR) is 86.2 cm³/mol. The van der Waals surface area contributed by atoms with Crippen molar-refractivity contribution in [2.24, 2.45) is 5.73 Å². The second-order valence-electron chi connectivity index (χ2n) is 5.45. The lowest BCUT2D eigenvalue weighted by Gasteiger charge is -2.25. The molecule has 0 saturated carbocycles. The molecule has 0 aliphatic carbocycles. The third-order valence-corrected chi connectivity index (χ3v) is 4.34. The van der Waals surface area contributed by atoms with Crippen LogP contribution in [0.15, 0.2) is 60.9 Å². The van der Waals surface area contributed by atoms with Gasteiger partial charge in [-0.2, -0.15) is 0 Å². The van der Waals surface area contributed by atoms with Crippen LogP contribution in [0.5, 0.6) is 0 Å². The van der Waals surface area contributed by atoms with Crippen molar-refractivity contribution in [2.75, 3.05) is 11.4 Å². The van der Waals surface area contributed by atoms with Gasteiger partial charge in [-0.1, -0.05) is 36.4 Å². The molecule has 1 aliphatic heterocycles. The van der Waals surface area contributed by atoms with Gasteiger partial charge < -0.3 is 10.6 Å². The molecule has 3 aromatic rings. The van der Waals surface area contributed by atoms with Gasteiger partial charge in [0.1, 0.15) is 0 Å². The van der Waals surface area contributed by atoms with E-state index in [2.05, 4.69) is 52.3 Å². The summed E-state index contributed by atoms with van der Waals surface area (Å²) in [6.07, 6.45) is 3.72. The molecule has 0 fully saturated rings. The Labute approximate surface area is 124 Å². The van der Waals surface area contributed by atoms with Crippen molar-refractivity contribution >= 4 is 16.5 Å². The van der Waals surface area contributed by atoms with Gasteiger partial charge in [-0.15, -0.1) is 0 Å². The number of anilines is 1. The summed E-state index contributed by atoms with van der Waals surface area (Å²) >= 11 is 0. The predicted octanol–water partition coefficient (Wildman–Crippen LogP) is 3.25. The monoisotopic (exact) mass is 275 g/mol. The fourth-order valence-corrected chi connectivity index (χ4v) is 3.34. The van der Waals surface area contributed by atoms with Crippen LogP contribution >= 0.6 is 0 Å². The molecule has 4 rings (SSSR count). The van der Waals surface area contributed by atoms with Crippen LogP contribution in [0.2, 0.25) is 0 Å². The van der Waals surface area contributed by atoms with Crippen molar-refractivity contribution in [3.8, 4) is 0 Å². The average Bonchev–Trinajstić information content (AvgIpc) is 2.94. The number of benzene rings is 2. The van der Waals surface area contributed by atoms with Gasteiger partial charge in [0.15, 0.2) is 0 Å². The molecule has 0 amide bonds. The van der Waals surface area contributed by atoms with Crippen molar-refractivity contribution in [1.82, 2.24) is 4.98 Å². The number of rotatable bonds is 2. The number of aromatic nitrogens is 1. The zero-order valence-electron chi connectivity index (χ0n) is 11.7. The van der Waals surface area contributed by atoms with E-state index in [1.165, 1.54) is 21.9 Å². The summed E-state index contributed by atoms with van der Waals surface area (Å²) in [6, 6.07) is 17.3. The zero-order valence-corrected chi connectivity index (χ0v) is 11.7. The Morgan fingerprint density at radius 3 is 2.81 bits per heavy atom. The van der Waals surface area contributed by atoms with E-state index in [4.69, 9.17) is 5.73 Å². The molecular weight excluding hydrogens is 258 g/mol. The highest BCUT2D eigenvalue weighted by Crippen LogP contribution is 2.39. The minimum absolute atomic E-state index is 0.230. The van der Waals surface area contributed by atoms with Gasteiger partial charge in [-0.05, 0) is 34.0 Å². The molecule has 0 saturated heterocycles.